The molecule has 6 nitrogen and oxygen atoms in total. The van der Waals surface area contributed by atoms with Crippen LogP contribution in [0.2, 0.25) is 0 Å². The van der Waals surface area contributed by atoms with Gasteiger partial charge >= 0.3 is 0 Å². The van der Waals surface area contributed by atoms with Crippen molar-refractivity contribution in [2.75, 3.05) is 28.2 Å². The van der Waals surface area contributed by atoms with E-state index in [1.807, 2.05) is 67.1 Å². The number of aryl methyl sites for hydroxylation is 2. The first-order valence-electron chi connectivity index (χ1n) is 14.6. The Morgan fingerprint density at radius 2 is 1.76 bits per heavy atom. The monoisotopic (exact) mass is 588 g/mol. The van der Waals surface area contributed by atoms with Gasteiger partial charge in [0.2, 0.25) is 0 Å². The summed E-state index contributed by atoms with van der Waals surface area (Å²) in [7, 11) is 9.23. The van der Waals surface area contributed by atoms with Crippen LogP contribution in [0.15, 0.2) is 36.4 Å². The van der Waals surface area contributed by atoms with Crippen molar-refractivity contribution in [2.45, 2.75) is 59.3 Å². The highest BCUT2D eigenvalue weighted by molar-refractivity contribution is 6.45. The van der Waals surface area contributed by atoms with E-state index in [0.29, 0.717) is 11.3 Å². The summed E-state index contributed by atoms with van der Waals surface area (Å²) in [6, 6.07) is 11.8. The fourth-order valence-electron chi connectivity index (χ4n) is 5.43. The highest BCUT2D eigenvalue weighted by Gasteiger charge is 2.15. The second-order valence-corrected chi connectivity index (χ2v) is 12.0. The first kappa shape index (κ1) is 32.9. The zero-order chi connectivity index (χ0) is 31.3. The number of ketones is 1. The second kappa shape index (κ2) is 14.0. The van der Waals surface area contributed by atoms with Crippen molar-refractivity contribution in [1.29, 1.82) is 0 Å². The third-order valence-electron chi connectivity index (χ3n) is 7.40. The van der Waals surface area contributed by atoms with E-state index in [1.54, 1.807) is 25.9 Å². The van der Waals surface area contributed by atoms with Crippen LogP contribution in [0.25, 0.3) is 34.5 Å². The van der Waals surface area contributed by atoms with E-state index in [9.17, 15) is 9.59 Å². The number of hydrogen-bond donors (Lipinski definition) is 0. The molecule has 1 aliphatic rings. The molecule has 1 aromatic heterocycles. The van der Waals surface area contributed by atoms with Gasteiger partial charge in [0.15, 0.2) is 5.78 Å². The lowest BCUT2D eigenvalue weighted by molar-refractivity contribution is -0.112. The molecule has 3 aromatic rings. The summed E-state index contributed by atoms with van der Waals surface area (Å²) in [6.07, 6.45) is 6.38. The molecule has 0 bridgehead atoms. The Hall–Kier alpha value is -3.64. The molecule has 0 aliphatic heterocycles. The van der Waals surface area contributed by atoms with Crippen LogP contribution in [-0.2, 0) is 18.3 Å². The number of aromatic nitrogens is 2. The molecule has 0 saturated heterocycles. The quantitative estimate of drug-likeness (QED) is 0.416. The van der Waals surface area contributed by atoms with Crippen molar-refractivity contribution in [3.05, 3.63) is 74.2 Å². The fraction of sp³-hybridized carbons (Fsp3) is 0.400. The number of Topliss-reactive ketones (excluding diaryl/α,β-unsaturated/α-hetero) is 1. The topological polar surface area (TPSA) is 58.4 Å². The van der Waals surface area contributed by atoms with E-state index in [2.05, 4.69) is 38.5 Å². The summed E-state index contributed by atoms with van der Waals surface area (Å²) in [4.78, 5) is 27.8. The van der Waals surface area contributed by atoms with Crippen molar-refractivity contribution in [3.8, 4) is 11.1 Å². The van der Waals surface area contributed by atoms with Crippen molar-refractivity contribution in [3.63, 3.8) is 0 Å². The Kier molecular flexibility index (Phi) is 11.0. The highest BCUT2D eigenvalue weighted by atomic mass is 35.5. The van der Waals surface area contributed by atoms with Gasteiger partial charge in [-0.1, -0.05) is 69.6 Å². The fourth-order valence-corrected chi connectivity index (χ4v) is 5.74. The minimum atomic E-state index is -0.00618. The minimum absolute atomic E-state index is 0.00618. The predicted molar refractivity (Wildman–Crippen MR) is 176 cm³/mol. The second-order valence-electron chi connectivity index (χ2n) is 11.6. The van der Waals surface area contributed by atoms with Gasteiger partial charge in [-0.05, 0) is 65.3 Å². The molecule has 1 amide bonds. The van der Waals surface area contributed by atoms with Crippen LogP contribution < -0.4 is 21.0 Å². The highest BCUT2D eigenvalue weighted by Crippen LogP contribution is 2.29. The zero-order valence-corrected chi connectivity index (χ0v) is 27.4. The normalized spacial score (nSPS) is 13.1. The van der Waals surface area contributed by atoms with Crippen LogP contribution in [-0.4, -0.2) is 59.5 Å². The van der Waals surface area contributed by atoms with Crippen LogP contribution in [0.1, 0.15) is 74.5 Å². The number of halogens is 1. The average Bonchev–Trinajstić information content (AvgIpc) is 3.25. The van der Waals surface area contributed by atoms with Crippen molar-refractivity contribution in [2.24, 2.45) is 7.05 Å². The first-order chi connectivity index (χ1) is 19.8. The molecule has 42 heavy (non-hydrogen) atoms. The van der Waals surface area contributed by atoms with Gasteiger partial charge in [-0.2, -0.15) is 5.10 Å². The van der Waals surface area contributed by atoms with Gasteiger partial charge < -0.3 is 9.80 Å². The zero-order valence-electron chi connectivity index (χ0n) is 26.6. The van der Waals surface area contributed by atoms with Crippen LogP contribution >= 0.6 is 11.6 Å². The van der Waals surface area contributed by atoms with Crippen molar-refractivity contribution < 1.29 is 9.59 Å². The summed E-state index contributed by atoms with van der Waals surface area (Å²) in [5, 5.41) is 9.54. The molecular weight excluding hydrogens is 544 g/mol. The number of fused-ring (bicyclic) bond motifs is 1. The summed E-state index contributed by atoms with van der Waals surface area (Å²) < 4.78 is 1.95. The smallest absolute Gasteiger partial charge is 0.253 e. The van der Waals surface area contributed by atoms with Gasteiger partial charge in [-0.15, -0.1) is 0 Å². The number of nitrogens with zero attached hydrogens (tertiary/aromatic N) is 4. The largest absolute Gasteiger partial charge is 0.374 e. The number of benzene rings is 2. The maximum absolute atomic E-state index is 12.3. The Balaban J connectivity index is 0.000000287. The molecule has 7 heteroatoms. The standard InChI is InChI=1S/C24H30N2O2.C11H15ClN2/c1-15(2)22-14-19(24(28)26(7)8)10-12-21(22)18-9-11-20(16(3)13-18)23(17(4)27)25(5)6;1-3-5-9-11-8(12)6-4-7-10(11)14(2)13-9/h9-15H,3H2,1-2,4-8H3;7H,3-6H2,1-2H3/b23-20-;. The number of carbonyl (C=O) groups excluding carboxylic acids is 2. The SMILES string of the molecule is C=c1cc(-c2ccc(C(=O)N(C)C)cc2C(C)C)cc/c1=C(\C(C)=O)N(C)C.CCCc1nn(C)c2c1=C(Cl)CCC=2. The van der Waals surface area contributed by atoms with E-state index in [1.165, 1.54) is 10.6 Å². The molecule has 0 N–H and O–H groups in total. The van der Waals surface area contributed by atoms with Crippen molar-refractivity contribution >= 4 is 46.7 Å². The van der Waals surface area contributed by atoms with E-state index >= 15 is 0 Å². The van der Waals surface area contributed by atoms with Crippen LogP contribution in [0.3, 0.4) is 0 Å². The molecule has 0 radical (unpaired) electrons. The van der Waals surface area contributed by atoms with Gasteiger partial charge in [0.1, 0.15) is 0 Å². The number of rotatable bonds is 7. The molecule has 0 fully saturated rings. The van der Waals surface area contributed by atoms with Crippen molar-refractivity contribution in [1.82, 2.24) is 19.6 Å². The Morgan fingerprint density at radius 3 is 2.31 bits per heavy atom. The molecule has 0 unspecified atom stereocenters. The van der Waals surface area contributed by atoms with Crippen LogP contribution in [0, 0.1) is 0 Å². The summed E-state index contributed by atoms with van der Waals surface area (Å²) in [6.45, 7) is 12.2. The Bertz CT molecular complexity index is 1710. The molecule has 224 valence electrons. The number of amides is 1. The van der Waals surface area contributed by atoms with E-state index in [0.717, 1.165) is 63.5 Å². The number of likely N-dealkylation sites (N-methyl/N-ethyl adjacent to an activating group) is 1. The Morgan fingerprint density at radius 1 is 1.07 bits per heavy atom. The van der Waals surface area contributed by atoms with E-state index < -0.39 is 0 Å². The summed E-state index contributed by atoms with van der Waals surface area (Å²) in [5.41, 5.74) is 5.71. The molecule has 0 atom stereocenters. The molecule has 0 spiro atoms. The lowest BCUT2D eigenvalue weighted by atomic mass is 9.90. The molecule has 1 aliphatic carbocycles. The predicted octanol–water partition coefficient (Wildman–Crippen LogP) is 4.14. The lowest BCUT2D eigenvalue weighted by Gasteiger charge is -2.18. The Labute approximate surface area is 255 Å². The minimum Gasteiger partial charge on any atom is -0.374 e. The van der Waals surface area contributed by atoms with E-state index in [4.69, 9.17) is 11.6 Å². The molecule has 1 heterocycles. The van der Waals surface area contributed by atoms with Gasteiger partial charge in [0.05, 0.1) is 16.7 Å². The van der Waals surface area contributed by atoms with Gasteiger partial charge in [0, 0.05) is 63.2 Å². The number of hydrogen-bond acceptors (Lipinski definition) is 4. The maximum atomic E-state index is 12.3. The average molecular weight is 589 g/mol. The summed E-state index contributed by atoms with van der Waals surface area (Å²) >= 11 is 6.24. The van der Waals surface area contributed by atoms with Gasteiger partial charge in [-0.25, -0.2) is 0 Å². The number of carbonyl (C=O) groups is 2. The summed E-state index contributed by atoms with van der Waals surface area (Å²) in [5.74, 6) is 0.268. The molecular formula is C35H45ClN4O2. The molecule has 4 rings (SSSR count). The maximum Gasteiger partial charge on any atom is 0.253 e. The molecule has 2 aromatic carbocycles. The van der Waals surface area contributed by atoms with Crippen LogP contribution in [0.4, 0.5) is 0 Å². The molecule has 0 saturated carbocycles. The third-order valence-corrected chi connectivity index (χ3v) is 7.78. The first-order valence-corrected chi connectivity index (χ1v) is 14.9. The van der Waals surface area contributed by atoms with Gasteiger partial charge in [-0.3, -0.25) is 14.3 Å². The van der Waals surface area contributed by atoms with Crippen LogP contribution in [0.5, 0.6) is 0 Å². The third kappa shape index (κ3) is 7.22. The lowest BCUT2D eigenvalue weighted by Crippen LogP contribution is -2.33. The van der Waals surface area contributed by atoms with E-state index in [-0.39, 0.29) is 17.6 Å². The van der Waals surface area contributed by atoms with Gasteiger partial charge in [0.25, 0.3) is 5.91 Å².